The Hall–Kier alpha value is -2.43. The smallest absolute Gasteiger partial charge is 0.253 e. The van der Waals surface area contributed by atoms with Crippen molar-refractivity contribution >= 4 is 17.3 Å². The molecule has 0 fully saturated rings. The number of carbonyl (C=O) groups is 1. The van der Waals surface area contributed by atoms with E-state index >= 15 is 0 Å². The zero-order valence-electron chi connectivity index (χ0n) is 10.8. The van der Waals surface area contributed by atoms with Gasteiger partial charge in [0.2, 0.25) is 0 Å². The summed E-state index contributed by atoms with van der Waals surface area (Å²) in [4.78, 5) is 11.7. The SMILES string of the molecule is CNC(=O)c1ccc(N)cc1NCCc1ccco1. The van der Waals surface area contributed by atoms with Crippen LogP contribution in [0.15, 0.2) is 41.0 Å². The highest BCUT2D eigenvalue weighted by atomic mass is 16.3. The van der Waals surface area contributed by atoms with Gasteiger partial charge in [0, 0.05) is 31.4 Å². The molecule has 4 N–H and O–H groups in total. The van der Waals surface area contributed by atoms with Crippen LogP contribution in [0.3, 0.4) is 0 Å². The Balaban J connectivity index is 2.05. The van der Waals surface area contributed by atoms with Crippen LogP contribution in [-0.4, -0.2) is 19.5 Å². The second-order valence-corrected chi connectivity index (χ2v) is 4.14. The van der Waals surface area contributed by atoms with Crippen molar-refractivity contribution in [1.29, 1.82) is 0 Å². The minimum Gasteiger partial charge on any atom is -0.469 e. The zero-order chi connectivity index (χ0) is 13.7. The molecule has 0 spiro atoms. The number of rotatable bonds is 5. The molecule has 100 valence electrons. The van der Waals surface area contributed by atoms with E-state index < -0.39 is 0 Å². The van der Waals surface area contributed by atoms with E-state index in [0.29, 0.717) is 17.8 Å². The van der Waals surface area contributed by atoms with Gasteiger partial charge in [-0.2, -0.15) is 0 Å². The van der Waals surface area contributed by atoms with Gasteiger partial charge in [0.15, 0.2) is 0 Å². The molecule has 1 aromatic heterocycles. The van der Waals surface area contributed by atoms with E-state index in [1.807, 2.05) is 12.1 Å². The fourth-order valence-electron chi connectivity index (χ4n) is 1.82. The van der Waals surface area contributed by atoms with Gasteiger partial charge in [-0.1, -0.05) is 0 Å². The van der Waals surface area contributed by atoms with E-state index in [0.717, 1.165) is 17.9 Å². The van der Waals surface area contributed by atoms with Gasteiger partial charge in [-0.05, 0) is 30.3 Å². The Morgan fingerprint density at radius 2 is 2.21 bits per heavy atom. The summed E-state index contributed by atoms with van der Waals surface area (Å²) in [7, 11) is 1.60. The van der Waals surface area contributed by atoms with E-state index in [9.17, 15) is 4.79 Å². The average molecular weight is 259 g/mol. The fourth-order valence-corrected chi connectivity index (χ4v) is 1.82. The van der Waals surface area contributed by atoms with Gasteiger partial charge in [0.05, 0.1) is 11.8 Å². The lowest BCUT2D eigenvalue weighted by atomic mass is 10.1. The van der Waals surface area contributed by atoms with Crippen LogP contribution in [0.1, 0.15) is 16.1 Å². The molecule has 1 amide bonds. The van der Waals surface area contributed by atoms with Gasteiger partial charge in [-0.25, -0.2) is 0 Å². The van der Waals surface area contributed by atoms with Crippen molar-refractivity contribution < 1.29 is 9.21 Å². The van der Waals surface area contributed by atoms with E-state index in [1.165, 1.54) is 0 Å². The lowest BCUT2D eigenvalue weighted by molar-refractivity contribution is 0.0964. The third-order valence-electron chi connectivity index (χ3n) is 2.78. The third-order valence-corrected chi connectivity index (χ3v) is 2.78. The molecule has 5 nitrogen and oxygen atoms in total. The number of nitrogens with two attached hydrogens (primary N) is 1. The second-order valence-electron chi connectivity index (χ2n) is 4.14. The number of amides is 1. The Morgan fingerprint density at radius 3 is 2.89 bits per heavy atom. The first-order valence-electron chi connectivity index (χ1n) is 6.08. The van der Waals surface area contributed by atoms with Gasteiger partial charge < -0.3 is 20.8 Å². The highest BCUT2D eigenvalue weighted by Crippen LogP contribution is 2.19. The number of benzene rings is 1. The van der Waals surface area contributed by atoms with Crippen molar-refractivity contribution in [3.63, 3.8) is 0 Å². The largest absolute Gasteiger partial charge is 0.469 e. The molecule has 0 aliphatic carbocycles. The molecule has 0 radical (unpaired) electrons. The Morgan fingerprint density at radius 1 is 1.37 bits per heavy atom. The summed E-state index contributed by atoms with van der Waals surface area (Å²) in [6.07, 6.45) is 2.39. The molecule has 0 saturated heterocycles. The standard InChI is InChI=1S/C14H17N3O2/c1-16-14(18)12-5-4-10(15)9-13(12)17-7-6-11-3-2-8-19-11/h2-5,8-9,17H,6-7,15H2,1H3,(H,16,18). The number of anilines is 2. The minimum absolute atomic E-state index is 0.138. The van der Waals surface area contributed by atoms with Crippen LogP contribution in [0.5, 0.6) is 0 Å². The molecule has 0 aliphatic heterocycles. The predicted molar refractivity (Wildman–Crippen MR) is 75.1 cm³/mol. The summed E-state index contributed by atoms with van der Waals surface area (Å²) >= 11 is 0. The number of hydrogen-bond acceptors (Lipinski definition) is 4. The highest BCUT2D eigenvalue weighted by molar-refractivity contribution is 6.00. The molecule has 0 atom stereocenters. The molecule has 0 aliphatic rings. The molecular weight excluding hydrogens is 242 g/mol. The monoisotopic (exact) mass is 259 g/mol. The maximum absolute atomic E-state index is 11.7. The first-order valence-corrected chi connectivity index (χ1v) is 6.08. The first kappa shape index (κ1) is 13.0. The lowest BCUT2D eigenvalue weighted by Crippen LogP contribution is -2.20. The molecule has 2 rings (SSSR count). The van der Waals surface area contributed by atoms with Crippen molar-refractivity contribution in [3.8, 4) is 0 Å². The van der Waals surface area contributed by atoms with Crippen molar-refractivity contribution in [3.05, 3.63) is 47.9 Å². The number of carbonyl (C=O) groups excluding carboxylic acids is 1. The maximum atomic E-state index is 11.7. The summed E-state index contributed by atoms with van der Waals surface area (Å²) in [6.45, 7) is 0.668. The quantitative estimate of drug-likeness (QED) is 0.716. The normalized spacial score (nSPS) is 10.2. The van der Waals surface area contributed by atoms with Crippen LogP contribution >= 0.6 is 0 Å². The van der Waals surface area contributed by atoms with Crippen LogP contribution in [0.2, 0.25) is 0 Å². The van der Waals surface area contributed by atoms with Gasteiger partial charge in [0.1, 0.15) is 5.76 Å². The summed E-state index contributed by atoms with van der Waals surface area (Å²) < 4.78 is 5.25. The van der Waals surface area contributed by atoms with Gasteiger partial charge >= 0.3 is 0 Å². The van der Waals surface area contributed by atoms with Crippen molar-refractivity contribution in [2.45, 2.75) is 6.42 Å². The highest BCUT2D eigenvalue weighted by Gasteiger charge is 2.09. The predicted octanol–water partition coefficient (Wildman–Crippen LogP) is 1.88. The number of hydrogen-bond donors (Lipinski definition) is 3. The molecule has 2 aromatic rings. The van der Waals surface area contributed by atoms with Crippen LogP contribution in [-0.2, 0) is 6.42 Å². The Kier molecular flexibility index (Phi) is 4.07. The molecule has 1 heterocycles. The molecule has 19 heavy (non-hydrogen) atoms. The number of nitrogens with one attached hydrogen (secondary N) is 2. The van der Waals surface area contributed by atoms with Crippen molar-refractivity contribution in [2.24, 2.45) is 0 Å². The molecular formula is C14H17N3O2. The number of nitrogen functional groups attached to an aromatic ring is 1. The van der Waals surface area contributed by atoms with Crippen LogP contribution in [0.4, 0.5) is 11.4 Å². The van der Waals surface area contributed by atoms with Crippen LogP contribution < -0.4 is 16.4 Å². The Bertz CT molecular complexity index is 550. The molecule has 0 bridgehead atoms. The summed E-state index contributed by atoms with van der Waals surface area (Å²) in [5.41, 5.74) is 7.67. The van der Waals surface area contributed by atoms with E-state index in [1.54, 1.807) is 31.5 Å². The molecule has 0 saturated carbocycles. The second kappa shape index (κ2) is 5.95. The van der Waals surface area contributed by atoms with E-state index in [-0.39, 0.29) is 5.91 Å². The van der Waals surface area contributed by atoms with E-state index in [4.69, 9.17) is 10.2 Å². The van der Waals surface area contributed by atoms with Crippen molar-refractivity contribution in [1.82, 2.24) is 5.32 Å². The summed E-state index contributed by atoms with van der Waals surface area (Å²) in [5.74, 6) is 0.762. The van der Waals surface area contributed by atoms with Gasteiger partial charge in [0.25, 0.3) is 5.91 Å². The fraction of sp³-hybridized carbons (Fsp3) is 0.214. The molecule has 1 aromatic carbocycles. The number of furan rings is 1. The van der Waals surface area contributed by atoms with Gasteiger partial charge in [-0.15, -0.1) is 0 Å². The third kappa shape index (κ3) is 3.28. The lowest BCUT2D eigenvalue weighted by Gasteiger charge is -2.11. The molecule has 0 unspecified atom stereocenters. The minimum atomic E-state index is -0.138. The zero-order valence-corrected chi connectivity index (χ0v) is 10.8. The van der Waals surface area contributed by atoms with Crippen LogP contribution in [0, 0.1) is 0 Å². The van der Waals surface area contributed by atoms with Crippen molar-refractivity contribution in [2.75, 3.05) is 24.6 Å². The molecule has 5 heteroatoms. The van der Waals surface area contributed by atoms with Crippen LogP contribution in [0.25, 0.3) is 0 Å². The topological polar surface area (TPSA) is 80.3 Å². The Labute approximate surface area is 111 Å². The average Bonchev–Trinajstić information content (AvgIpc) is 2.91. The van der Waals surface area contributed by atoms with E-state index in [2.05, 4.69) is 10.6 Å². The summed E-state index contributed by atoms with van der Waals surface area (Å²) in [5, 5.41) is 5.81. The maximum Gasteiger partial charge on any atom is 0.253 e. The first-order chi connectivity index (χ1) is 9.20. The summed E-state index contributed by atoms with van der Waals surface area (Å²) in [6, 6.07) is 8.95. The van der Waals surface area contributed by atoms with Gasteiger partial charge in [-0.3, -0.25) is 4.79 Å².